The molecule has 0 aliphatic carbocycles. The van der Waals surface area contributed by atoms with Gasteiger partial charge in [-0.1, -0.05) is 96.5 Å². The molecular formula is C23H40N+. The molecular weight excluding hydrogens is 290 g/mol. The second-order valence-corrected chi connectivity index (χ2v) is 7.20. The number of nitrogens with zero attached hydrogens (tertiary/aromatic N) is 1. The minimum atomic E-state index is 1.12. The summed E-state index contributed by atoms with van der Waals surface area (Å²) in [7, 11) is 0. The van der Waals surface area contributed by atoms with Gasteiger partial charge in [-0.05, 0) is 13.0 Å². The van der Waals surface area contributed by atoms with Crippen LogP contribution in [-0.4, -0.2) is 0 Å². The molecule has 0 unspecified atom stereocenters. The number of rotatable bonds is 16. The average molecular weight is 331 g/mol. The zero-order valence-electron chi connectivity index (χ0n) is 16.1. The Morgan fingerprint density at radius 2 is 1.04 bits per heavy atom. The Morgan fingerprint density at radius 3 is 1.50 bits per heavy atom. The molecule has 136 valence electrons. The molecule has 0 fully saturated rings. The summed E-state index contributed by atoms with van der Waals surface area (Å²) in [6.07, 6.45) is 25.1. The molecule has 0 atom stereocenters. The highest BCUT2D eigenvalue weighted by molar-refractivity contribution is 5.26. The summed E-state index contributed by atoms with van der Waals surface area (Å²) in [5.41, 5.74) is 1.22. The number of unbranched alkanes of at least 4 members (excludes halogenated alkanes) is 13. The van der Waals surface area contributed by atoms with Gasteiger partial charge in [0.1, 0.15) is 0 Å². The smallest absolute Gasteiger partial charge is 0.172 e. The van der Waals surface area contributed by atoms with E-state index in [0.29, 0.717) is 0 Å². The Morgan fingerprint density at radius 1 is 0.625 bits per heavy atom. The van der Waals surface area contributed by atoms with Crippen molar-refractivity contribution in [1.29, 1.82) is 0 Å². The lowest BCUT2D eigenvalue weighted by molar-refractivity contribution is -0.583. The first-order valence-electron chi connectivity index (χ1n) is 10.5. The minimum Gasteiger partial charge on any atom is -0.172 e. The van der Waals surface area contributed by atoms with Crippen molar-refractivity contribution < 1.29 is 4.57 Å². The van der Waals surface area contributed by atoms with Crippen LogP contribution in [0.15, 0.2) is 37.2 Å². The van der Waals surface area contributed by atoms with E-state index in [4.69, 9.17) is 0 Å². The highest BCUT2D eigenvalue weighted by atomic mass is 14.9. The third kappa shape index (κ3) is 11.4. The lowest BCUT2D eigenvalue weighted by Crippen LogP contribution is -2.30. The van der Waals surface area contributed by atoms with Crippen molar-refractivity contribution in [3.05, 3.63) is 37.2 Å². The molecule has 0 aliphatic heterocycles. The van der Waals surface area contributed by atoms with Crippen molar-refractivity contribution in [3.63, 3.8) is 0 Å². The summed E-state index contributed by atoms with van der Waals surface area (Å²) < 4.78 is 2.14. The van der Waals surface area contributed by atoms with Crippen LogP contribution in [0.2, 0.25) is 0 Å². The molecule has 1 rings (SSSR count). The number of allylic oxidation sites excluding steroid dienone is 1. The van der Waals surface area contributed by atoms with Crippen LogP contribution in [-0.2, 0) is 0 Å². The van der Waals surface area contributed by atoms with Crippen molar-refractivity contribution in [3.8, 4) is 0 Å². The number of aromatic nitrogens is 1. The molecule has 24 heavy (non-hydrogen) atoms. The fraction of sp³-hybridized carbons (Fsp3) is 0.696. The first-order chi connectivity index (χ1) is 11.8. The van der Waals surface area contributed by atoms with Crippen molar-refractivity contribution in [1.82, 2.24) is 0 Å². The van der Waals surface area contributed by atoms with Crippen LogP contribution in [0.1, 0.15) is 103 Å². The quantitative estimate of drug-likeness (QED) is 0.221. The summed E-state index contributed by atoms with van der Waals surface area (Å²) in [5.74, 6) is 0. The summed E-state index contributed by atoms with van der Waals surface area (Å²) >= 11 is 0. The van der Waals surface area contributed by atoms with E-state index in [1.807, 2.05) is 0 Å². The summed E-state index contributed by atoms with van der Waals surface area (Å²) in [6.45, 7) is 6.48. The average Bonchev–Trinajstić information content (AvgIpc) is 2.62. The first kappa shape index (κ1) is 20.9. The van der Waals surface area contributed by atoms with E-state index in [9.17, 15) is 0 Å². The lowest BCUT2D eigenvalue weighted by atomic mass is 10.0. The van der Waals surface area contributed by atoms with Crippen molar-refractivity contribution in [2.24, 2.45) is 0 Å². The number of hydrogen-bond acceptors (Lipinski definition) is 0. The summed E-state index contributed by atoms with van der Waals surface area (Å²) in [4.78, 5) is 0. The van der Waals surface area contributed by atoms with E-state index < -0.39 is 0 Å². The molecule has 0 bridgehead atoms. The Bertz CT molecular complexity index is 396. The third-order valence-corrected chi connectivity index (χ3v) is 4.90. The second-order valence-electron chi connectivity index (χ2n) is 7.20. The van der Waals surface area contributed by atoms with Crippen molar-refractivity contribution >= 4 is 5.70 Å². The van der Waals surface area contributed by atoms with E-state index in [0.717, 1.165) is 6.42 Å². The maximum absolute atomic E-state index is 4.19. The van der Waals surface area contributed by atoms with Gasteiger partial charge in [0.05, 0.1) is 0 Å². The molecule has 0 saturated heterocycles. The molecule has 1 aromatic rings. The van der Waals surface area contributed by atoms with Crippen molar-refractivity contribution in [2.75, 3.05) is 0 Å². The number of pyridine rings is 1. The molecule has 0 amide bonds. The summed E-state index contributed by atoms with van der Waals surface area (Å²) in [5, 5.41) is 0. The van der Waals surface area contributed by atoms with Crippen LogP contribution in [0.4, 0.5) is 0 Å². The van der Waals surface area contributed by atoms with Gasteiger partial charge >= 0.3 is 0 Å². The van der Waals surface area contributed by atoms with Crippen LogP contribution in [0.25, 0.3) is 5.70 Å². The first-order valence-corrected chi connectivity index (χ1v) is 10.5. The zero-order chi connectivity index (χ0) is 17.3. The topological polar surface area (TPSA) is 3.88 Å². The highest BCUT2D eigenvalue weighted by Gasteiger charge is 2.04. The van der Waals surface area contributed by atoms with Crippen LogP contribution < -0.4 is 4.57 Å². The maximum atomic E-state index is 4.19. The van der Waals surface area contributed by atoms with Crippen LogP contribution in [0, 0.1) is 0 Å². The molecule has 0 spiro atoms. The monoisotopic (exact) mass is 330 g/mol. The van der Waals surface area contributed by atoms with Crippen LogP contribution in [0.3, 0.4) is 0 Å². The van der Waals surface area contributed by atoms with Gasteiger partial charge in [0, 0.05) is 18.6 Å². The van der Waals surface area contributed by atoms with Crippen LogP contribution >= 0.6 is 0 Å². The Hall–Kier alpha value is -1.11. The molecule has 1 nitrogen and oxygen atoms in total. The van der Waals surface area contributed by atoms with Gasteiger partial charge in [0.2, 0.25) is 0 Å². The molecule has 1 heteroatoms. The van der Waals surface area contributed by atoms with Gasteiger partial charge in [0.25, 0.3) is 0 Å². The molecule has 0 radical (unpaired) electrons. The van der Waals surface area contributed by atoms with Crippen LogP contribution in [0.5, 0.6) is 0 Å². The Balaban J connectivity index is 1.80. The lowest BCUT2D eigenvalue weighted by Gasteiger charge is -2.03. The SMILES string of the molecule is C=C(CCCCCCCCCCCCCCCC)[n+]1ccccc1. The second kappa shape index (κ2) is 15.4. The fourth-order valence-electron chi connectivity index (χ4n) is 3.26. The van der Waals surface area contributed by atoms with Gasteiger partial charge in [-0.15, -0.1) is 0 Å². The zero-order valence-corrected chi connectivity index (χ0v) is 16.1. The molecule has 0 aliphatic rings. The molecule has 0 N–H and O–H groups in total. The molecule has 1 heterocycles. The molecule has 0 aromatic carbocycles. The predicted molar refractivity (Wildman–Crippen MR) is 107 cm³/mol. The maximum Gasteiger partial charge on any atom is 0.179 e. The van der Waals surface area contributed by atoms with E-state index in [1.54, 1.807) is 0 Å². The van der Waals surface area contributed by atoms with Gasteiger partial charge in [-0.25, -0.2) is 0 Å². The van der Waals surface area contributed by atoms with E-state index in [-0.39, 0.29) is 0 Å². The van der Waals surface area contributed by atoms with Gasteiger partial charge in [-0.3, -0.25) is 0 Å². The van der Waals surface area contributed by atoms with Crippen molar-refractivity contribution in [2.45, 2.75) is 103 Å². The van der Waals surface area contributed by atoms with Gasteiger partial charge in [-0.2, -0.15) is 4.57 Å². The highest BCUT2D eigenvalue weighted by Crippen LogP contribution is 2.14. The molecule has 1 aromatic heterocycles. The normalized spacial score (nSPS) is 10.9. The van der Waals surface area contributed by atoms with Gasteiger partial charge in [0.15, 0.2) is 18.1 Å². The standard InChI is InChI=1S/C23H40N/c1-3-4-5-6-7-8-9-10-11-12-13-14-15-17-20-23(2)24-21-18-16-19-22-24/h16,18-19,21-22H,2-15,17,20H2,1H3/q+1. The predicted octanol–water partition coefficient (Wildman–Crippen LogP) is 7.32. The minimum absolute atomic E-state index is 1.12. The fourth-order valence-corrected chi connectivity index (χ4v) is 3.26. The number of hydrogen-bond donors (Lipinski definition) is 0. The largest absolute Gasteiger partial charge is 0.179 e. The third-order valence-electron chi connectivity index (χ3n) is 4.90. The Kier molecular flexibility index (Phi) is 13.4. The van der Waals surface area contributed by atoms with E-state index >= 15 is 0 Å². The molecule has 0 saturated carbocycles. The van der Waals surface area contributed by atoms with Gasteiger partial charge < -0.3 is 0 Å². The van der Waals surface area contributed by atoms with E-state index in [2.05, 4.69) is 48.7 Å². The Labute approximate surface area is 151 Å². The van der Waals surface area contributed by atoms with E-state index in [1.165, 1.54) is 95.6 Å². The summed E-state index contributed by atoms with van der Waals surface area (Å²) in [6, 6.07) is 6.18.